The van der Waals surface area contributed by atoms with Crippen molar-refractivity contribution in [3.05, 3.63) is 45.8 Å². The number of hydrogen-bond acceptors (Lipinski definition) is 2. The minimum absolute atomic E-state index is 0.682. The molecule has 0 saturated carbocycles. The zero-order valence-electron chi connectivity index (χ0n) is 13.6. The lowest BCUT2D eigenvalue weighted by atomic mass is 10.0. The summed E-state index contributed by atoms with van der Waals surface area (Å²) in [4.78, 5) is 4.89. The summed E-state index contributed by atoms with van der Waals surface area (Å²) in [5.74, 6) is 0.682. The van der Waals surface area contributed by atoms with Crippen LogP contribution in [0.4, 0.5) is 0 Å². The Morgan fingerprint density at radius 2 is 2.00 bits per heavy atom. The number of allylic oxidation sites excluding steroid dienone is 5. The first-order valence-corrected chi connectivity index (χ1v) is 8.50. The van der Waals surface area contributed by atoms with Crippen molar-refractivity contribution in [1.29, 1.82) is 0 Å². The van der Waals surface area contributed by atoms with Crippen LogP contribution in [-0.4, -0.2) is 4.98 Å². The molecular formula is C19H25NS. The molecule has 1 heterocycles. The molecule has 112 valence electrons. The van der Waals surface area contributed by atoms with Crippen LogP contribution >= 0.6 is 11.3 Å². The number of thiazole rings is 1. The number of hydrogen-bond donors (Lipinski definition) is 0. The summed E-state index contributed by atoms with van der Waals surface area (Å²) >= 11 is 1.82. The van der Waals surface area contributed by atoms with Gasteiger partial charge in [-0.05, 0) is 44.6 Å². The van der Waals surface area contributed by atoms with E-state index >= 15 is 0 Å². The minimum atomic E-state index is 0.682. The predicted molar refractivity (Wildman–Crippen MR) is 95.5 cm³/mol. The van der Waals surface area contributed by atoms with Crippen LogP contribution in [0.15, 0.2) is 30.9 Å². The highest BCUT2D eigenvalue weighted by Crippen LogP contribution is 2.20. The van der Waals surface area contributed by atoms with Gasteiger partial charge in [-0.3, -0.25) is 0 Å². The van der Waals surface area contributed by atoms with Gasteiger partial charge in [-0.2, -0.15) is 0 Å². The number of rotatable bonds is 5. The van der Waals surface area contributed by atoms with Gasteiger partial charge in [0, 0.05) is 5.57 Å². The summed E-state index contributed by atoms with van der Waals surface area (Å²) in [6.45, 7) is 12.8. The summed E-state index contributed by atoms with van der Waals surface area (Å²) in [6.07, 6.45) is 11.8. The lowest BCUT2D eigenvalue weighted by molar-refractivity contribution is 0.664. The van der Waals surface area contributed by atoms with Gasteiger partial charge in [0.05, 0.1) is 9.88 Å². The van der Waals surface area contributed by atoms with E-state index in [1.807, 2.05) is 17.4 Å². The fraction of sp³-hybridized carbons (Fsp3) is 0.421. The molecule has 0 amide bonds. The Hall–Kier alpha value is -1.41. The molecule has 0 fully saturated rings. The molecule has 1 aromatic heterocycles. The topological polar surface area (TPSA) is 12.9 Å². The SMILES string of the molecule is C=C/C=C(\C=C/CC(C)C)c1nc2c(s1)=C(C)CCC=2C. The van der Waals surface area contributed by atoms with Gasteiger partial charge in [0.1, 0.15) is 5.01 Å². The maximum Gasteiger partial charge on any atom is 0.124 e. The van der Waals surface area contributed by atoms with Crippen LogP contribution in [0, 0.1) is 5.92 Å². The second-order valence-electron chi connectivity index (χ2n) is 6.15. The van der Waals surface area contributed by atoms with Crippen LogP contribution in [0.2, 0.25) is 0 Å². The van der Waals surface area contributed by atoms with Crippen LogP contribution in [0.1, 0.15) is 52.0 Å². The van der Waals surface area contributed by atoms with Gasteiger partial charge < -0.3 is 0 Å². The van der Waals surface area contributed by atoms with Gasteiger partial charge in [-0.25, -0.2) is 4.98 Å². The Morgan fingerprint density at radius 3 is 2.62 bits per heavy atom. The van der Waals surface area contributed by atoms with E-state index in [1.54, 1.807) is 0 Å². The summed E-state index contributed by atoms with van der Waals surface area (Å²) in [6, 6.07) is 0. The number of fused-ring (bicyclic) bond motifs is 1. The average molecular weight is 299 g/mol. The van der Waals surface area contributed by atoms with Crippen molar-refractivity contribution in [2.45, 2.75) is 47.0 Å². The monoisotopic (exact) mass is 299 g/mol. The van der Waals surface area contributed by atoms with Crippen LogP contribution in [0.3, 0.4) is 0 Å². The first kappa shape index (κ1) is 16.0. The van der Waals surface area contributed by atoms with Gasteiger partial charge in [0.15, 0.2) is 0 Å². The molecule has 0 N–H and O–H groups in total. The first-order valence-electron chi connectivity index (χ1n) is 7.69. The van der Waals surface area contributed by atoms with Gasteiger partial charge >= 0.3 is 0 Å². The molecule has 1 aliphatic rings. The molecule has 1 aromatic rings. The largest absolute Gasteiger partial charge is 0.236 e. The van der Waals surface area contributed by atoms with Crippen molar-refractivity contribution in [1.82, 2.24) is 4.98 Å². The van der Waals surface area contributed by atoms with E-state index in [4.69, 9.17) is 4.98 Å². The standard InChI is InChI=1S/C19H25NS/c1-6-8-16(10-7-9-13(2)3)19-20-17-14(4)11-12-15(5)18(17)21-19/h6-8,10,13H,1,9,11-12H2,2-5H3/b10-7-,16-8+. The normalized spacial score (nSPS) is 16.0. The molecule has 0 aromatic carbocycles. The molecule has 0 unspecified atom stereocenters. The lowest BCUT2D eigenvalue weighted by Gasteiger charge is -2.05. The highest BCUT2D eigenvalue weighted by atomic mass is 32.1. The molecule has 0 aliphatic heterocycles. The van der Waals surface area contributed by atoms with Crippen LogP contribution < -0.4 is 9.88 Å². The lowest BCUT2D eigenvalue weighted by Crippen LogP contribution is -2.28. The number of aromatic nitrogens is 1. The molecule has 2 rings (SSSR count). The zero-order valence-corrected chi connectivity index (χ0v) is 14.4. The maximum atomic E-state index is 4.89. The van der Waals surface area contributed by atoms with Gasteiger partial charge in [0.25, 0.3) is 0 Å². The molecule has 0 spiro atoms. The van der Waals surface area contributed by atoms with Crippen LogP contribution in [-0.2, 0) is 0 Å². The second-order valence-corrected chi connectivity index (χ2v) is 7.15. The van der Waals surface area contributed by atoms with Gasteiger partial charge in [-0.1, -0.05) is 50.3 Å². The van der Waals surface area contributed by atoms with Crippen molar-refractivity contribution in [2.75, 3.05) is 0 Å². The summed E-state index contributed by atoms with van der Waals surface area (Å²) in [5.41, 5.74) is 4.07. The summed E-state index contributed by atoms with van der Waals surface area (Å²) < 4.78 is 1.38. The third-order valence-corrected chi connectivity index (χ3v) is 5.01. The molecular weight excluding hydrogens is 274 g/mol. The van der Waals surface area contributed by atoms with Crippen molar-refractivity contribution in [3.8, 4) is 0 Å². The molecule has 2 heteroatoms. The summed E-state index contributed by atoms with van der Waals surface area (Å²) in [7, 11) is 0. The van der Waals surface area contributed by atoms with Gasteiger partial charge in [-0.15, -0.1) is 11.3 Å². The zero-order chi connectivity index (χ0) is 15.4. The molecule has 0 saturated heterocycles. The average Bonchev–Trinajstić information content (AvgIpc) is 2.88. The minimum Gasteiger partial charge on any atom is -0.236 e. The molecule has 0 bridgehead atoms. The van der Waals surface area contributed by atoms with Crippen molar-refractivity contribution in [2.24, 2.45) is 5.92 Å². The maximum absolute atomic E-state index is 4.89. The van der Waals surface area contributed by atoms with E-state index in [-0.39, 0.29) is 0 Å². The third-order valence-electron chi connectivity index (χ3n) is 3.74. The Labute approximate surface area is 132 Å². The van der Waals surface area contributed by atoms with E-state index < -0.39 is 0 Å². The fourth-order valence-corrected chi connectivity index (χ4v) is 3.60. The highest BCUT2D eigenvalue weighted by Gasteiger charge is 2.11. The highest BCUT2D eigenvalue weighted by molar-refractivity contribution is 7.10. The quantitative estimate of drug-likeness (QED) is 0.732. The predicted octanol–water partition coefficient (Wildman–Crippen LogP) is 4.45. The second kappa shape index (κ2) is 7.04. The first-order chi connectivity index (χ1) is 10.0. The van der Waals surface area contributed by atoms with Crippen LogP contribution in [0.5, 0.6) is 0 Å². The molecule has 1 nitrogen and oxygen atoms in total. The Balaban J connectivity index is 2.45. The van der Waals surface area contributed by atoms with Crippen LogP contribution in [0.25, 0.3) is 16.7 Å². The van der Waals surface area contributed by atoms with Gasteiger partial charge in [0.2, 0.25) is 0 Å². The Kier molecular flexibility index (Phi) is 5.35. The van der Waals surface area contributed by atoms with E-state index in [2.05, 4.69) is 52.5 Å². The van der Waals surface area contributed by atoms with E-state index in [1.165, 1.54) is 33.0 Å². The van der Waals surface area contributed by atoms with Crippen molar-refractivity contribution >= 4 is 28.1 Å². The molecule has 0 atom stereocenters. The number of nitrogens with zero attached hydrogens (tertiary/aromatic N) is 1. The van der Waals surface area contributed by atoms with Crippen molar-refractivity contribution < 1.29 is 0 Å². The van der Waals surface area contributed by atoms with Crippen molar-refractivity contribution in [3.63, 3.8) is 0 Å². The molecule has 0 radical (unpaired) electrons. The fourth-order valence-electron chi connectivity index (χ4n) is 2.42. The Morgan fingerprint density at radius 1 is 1.29 bits per heavy atom. The smallest absolute Gasteiger partial charge is 0.124 e. The third kappa shape index (κ3) is 3.82. The molecule has 1 aliphatic carbocycles. The van der Waals surface area contributed by atoms with E-state index in [9.17, 15) is 0 Å². The van der Waals surface area contributed by atoms with E-state index in [0.717, 1.165) is 17.8 Å². The van der Waals surface area contributed by atoms with E-state index in [0.29, 0.717) is 5.92 Å². The summed E-state index contributed by atoms with van der Waals surface area (Å²) in [5, 5.41) is 2.33. The molecule has 21 heavy (non-hydrogen) atoms. The Bertz CT molecular complexity index is 659.